The van der Waals surface area contributed by atoms with Crippen molar-refractivity contribution in [1.29, 1.82) is 0 Å². The molecule has 2 nitrogen and oxygen atoms in total. The molecule has 0 radical (unpaired) electrons. The number of nitrogens with one attached hydrogen (secondary N) is 1. The molecule has 76 valence electrons. The highest BCUT2D eigenvalue weighted by Gasteiger charge is 2.42. The summed E-state index contributed by atoms with van der Waals surface area (Å²) in [5, 5.41) is 3.40. The van der Waals surface area contributed by atoms with Gasteiger partial charge >= 0.3 is 0 Å². The van der Waals surface area contributed by atoms with Crippen LogP contribution in [0.2, 0.25) is 0 Å². The van der Waals surface area contributed by atoms with E-state index in [0.29, 0.717) is 11.5 Å². The molecule has 1 unspecified atom stereocenters. The summed E-state index contributed by atoms with van der Waals surface area (Å²) >= 11 is 0. The Bertz CT molecular complexity index is 169. The van der Waals surface area contributed by atoms with Crippen LogP contribution in [-0.2, 0) is 4.74 Å². The van der Waals surface area contributed by atoms with Gasteiger partial charge in [-0.1, -0.05) is 13.8 Å². The summed E-state index contributed by atoms with van der Waals surface area (Å²) in [6.45, 7) is 8.08. The second kappa shape index (κ2) is 3.58. The Kier molecular flexibility index (Phi) is 2.61. The van der Waals surface area contributed by atoms with Crippen molar-refractivity contribution in [3.05, 3.63) is 0 Å². The molecule has 0 aromatic heterocycles. The Morgan fingerprint density at radius 1 is 1.46 bits per heavy atom. The Labute approximate surface area is 81.0 Å². The van der Waals surface area contributed by atoms with Crippen LogP contribution in [0.1, 0.15) is 33.1 Å². The van der Waals surface area contributed by atoms with E-state index in [0.717, 1.165) is 12.5 Å². The molecule has 1 atom stereocenters. The van der Waals surface area contributed by atoms with Crippen molar-refractivity contribution < 1.29 is 4.74 Å². The molecule has 0 aromatic rings. The van der Waals surface area contributed by atoms with Gasteiger partial charge in [-0.2, -0.15) is 0 Å². The van der Waals surface area contributed by atoms with Crippen LogP contribution in [0.25, 0.3) is 0 Å². The van der Waals surface area contributed by atoms with Crippen LogP contribution in [0.3, 0.4) is 0 Å². The lowest BCUT2D eigenvalue weighted by atomic mass is 9.68. The molecular weight excluding hydrogens is 162 g/mol. The maximum atomic E-state index is 5.71. The molecule has 2 heteroatoms. The summed E-state index contributed by atoms with van der Waals surface area (Å²) in [7, 11) is 0. The van der Waals surface area contributed by atoms with Crippen LogP contribution in [0.15, 0.2) is 0 Å². The Balaban J connectivity index is 1.89. The predicted octanol–water partition coefficient (Wildman–Crippen LogP) is 1.80. The molecule has 13 heavy (non-hydrogen) atoms. The third kappa shape index (κ3) is 1.75. The van der Waals surface area contributed by atoms with Gasteiger partial charge in [0.05, 0.1) is 6.10 Å². The monoisotopic (exact) mass is 183 g/mol. The van der Waals surface area contributed by atoms with E-state index in [1.165, 1.54) is 32.4 Å². The van der Waals surface area contributed by atoms with Crippen molar-refractivity contribution in [3.8, 4) is 0 Å². The number of ether oxygens (including phenoxy) is 1. The van der Waals surface area contributed by atoms with Crippen molar-refractivity contribution in [2.45, 2.75) is 39.2 Å². The summed E-state index contributed by atoms with van der Waals surface area (Å²) < 4.78 is 5.71. The number of hydrogen-bond donors (Lipinski definition) is 1. The second-order valence-corrected chi connectivity index (χ2v) is 4.96. The minimum atomic E-state index is 0.551. The largest absolute Gasteiger partial charge is 0.378 e. The van der Waals surface area contributed by atoms with Gasteiger partial charge in [0.2, 0.25) is 0 Å². The molecule has 2 saturated heterocycles. The van der Waals surface area contributed by atoms with E-state index in [-0.39, 0.29) is 0 Å². The Morgan fingerprint density at radius 3 is 2.62 bits per heavy atom. The highest BCUT2D eigenvalue weighted by atomic mass is 16.5. The molecular formula is C11H21NO. The molecule has 2 fully saturated rings. The molecule has 2 rings (SSSR count). The zero-order valence-electron chi connectivity index (χ0n) is 8.81. The van der Waals surface area contributed by atoms with Crippen molar-refractivity contribution in [1.82, 2.24) is 5.32 Å². The van der Waals surface area contributed by atoms with E-state index in [4.69, 9.17) is 4.74 Å². The van der Waals surface area contributed by atoms with E-state index in [1.54, 1.807) is 0 Å². The molecule has 2 aliphatic rings. The first-order valence-electron chi connectivity index (χ1n) is 5.55. The summed E-state index contributed by atoms with van der Waals surface area (Å²) in [6, 6.07) is 0. The van der Waals surface area contributed by atoms with E-state index in [2.05, 4.69) is 19.2 Å². The van der Waals surface area contributed by atoms with Crippen molar-refractivity contribution >= 4 is 0 Å². The maximum Gasteiger partial charge on any atom is 0.0582 e. The Hall–Kier alpha value is -0.0800. The summed E-state index contributed by atoms with van der Waals surface area (Å²) in [4.78, 5) is 0. The smallest absolute Gasteiger partial charge is 0.0582 e. The standard InChI is InChI=1S/C11H21NO/c1-9(2)11(7-12-8-11)6-10-4-3-5-13-10/h9-10,12H,3-8H2,1-2H3. The first kappa shape index (κ1) is 9.47. The van der Waals surface area contributed by atoms with Gasteiger partial charge in [0, 0.05) is 25.1 Å². The van der Waals surface area contributed by atoms with E-state index >= 15 is 0 Å². The molecule has 0 aromatic carbocycles. The van der Waals surface area contributed by atoms with Gasteiger partial charge in [-0.3, -0.25) is 0 Å². The van der Waals surface area contributed by atoms with Crippen LogP contribution in [0.4, 0.5) is 0 Å². The topological polar surface area (TPSA) is 21.3 Å². The quantitative estimate of drug-likeness (QED) is 0.720. The van der Waals surface area contributed by atoms with Gasteiger partial charge in [-0.25, -0.2) is 0 Å². The zero-order valence-corrected chi connectivity index (χ0v) is 8.81. The zero-order chi connectivity index (χ0) is 9.31. The first-order chi connectivity index (χ1) is 6.23. The van der Waals surface area contributed by atoms with Gasteiger partial charge in [0.1, 0.15) is 0 Å². The van der Waals surface area contributed by atoms with Crippen molar-refractivity contribution in [3.63, 3.8) is 0 Å². The van der Waals surface area contributed by atoms with Gasteiger partial charge in [-0.05, 0) is 25.2 Å². The first-order valence-corrected chi connectivity index (χ1v) is 5.55. The van der Waals surface area contributed by atoms with Gasteiger partial charge in [0.25, 0.3) is 0 Å². The van der Waals surface area contributed by atoms with E-state index in [9.17, 15) is 0 Å². The molecule has 0 saturated carbocycles. The van der Waals surface area contributed by atoms with Crippen LogP contribution in [0.5, 0.6) is 0 Å². The summed E-state index contributed by atoms with van der Waals surface area (Å²) in [6.07, 6.45) is 4.39. The fourth-order valence-corrected chi connectivity index (χ4v) is 2.49. The molecule has 0 amide bonds. The van der Waals surface area contributed by atoms with E-state index in [1.807, 2.05) is 0 Å². The lowest BCUT2D eigenvalue weighted by Gasteiger charge is -2.47. The predicted molar refractivity (Wildman–Crippen MR) is 53.7 cm³/mol. The average Bonchev–Trinajstić information content (AvgIpc) is 2.47. The minimum Gasteiger partial charge on any atom is -0.378 e. The minimum absolute atomic E-state index is 0.551. The van der Waals surface area contributed by atoms with Crippen molar-refractivity contribution in [2.75, 3.05) is 19.7 Å². The molecule has 1 N–H and O–H groups in total. The average molecular weight is 183 g/mol. The summed E-state index contributed by atoms with van der Waals surface area (Å²) in [5.74, 6) is 0.790. The normalized spacial score (nSPS) is 32.1. The number of rotatable bonds is 3. The van der Waals surface area contributed by atoms with Crippen LogP contribution in [-0.4, -0.2) is 25.8 Å². The lowest BCUT2D eigenvalue weighted by molar-refractivity contribution is 0.00833. The molecule has 2 aliphatic heterocycles. The van der Waals surface area contributed by atoms with Crippen molar-refractivity contribution in [2.24, 2.45) is 11.3 Å². The van der Waals surface area contributed by atoms with Crippen LogP contribution in [0, 0.1) is 11.3 Å². The molecule has 0 bridgehead atoms. The van der Waals surface area contributed by atoms with Gasteiger partial charge in [-0.15, -0.1) is 0 Å². The third-order valence-corrected chi connectivity index (χ3v) is 3.84. The summed E-state index contributed by atoms with van der Waals surface area (Å²) in [5.41, 5.74) is 0.551. The molecule has 2 heterocycles. The Morgan fingerprint density at radius 2 is 2.23 bits per heavy atom. The van der Waals surface area contributed by atoms with Crippen LogP contribution >= 0.6 is 0 Å². The number of hydrogen-bond acceptors (Lipinski definition) is 2. The SMILES string of the molecule is CC(C)C1(CC2CCCO2)CNC1. The van der Waals surface area contributed by atoms with Crippen LogP contribution < -0.4 is 5.32 Å². The fraction of sp³-hybridized carbons (Fsp3) is 1.00. The van der Waals surface area contributed by atoms with Gasteiger partial charge in [0.15, 0.2) is 0 Å². The fourth-order valence-electron chi connectivity index (χ4n) is 2.49. The lowest BCUT2D eigenvalue weighted by Crippen LogP contribution is -2.57. The highest BCUT2D eigenvalue weighted by molar-refractivity contribution is 4.96. The van der Waals surface area contributed by atoms with Gasteiger partial charge < -0.3 is 10.1 Å². The van der Waals surface area contributed by atoms with E-state index < -0.39 is 0 Å². The third-order valence-electron chi connectivity index (χ3n) is 3.84. The maximum absolute atomic E-state index is 5.71. The highest BCUT2D eigenvalue weighted by Crippen LogP contribution is 2.39. The molecule has 0 aliphatic carbocycles. The molecule has 0 spiro atoms. The second-order valence-electron chi connectivity index (χ2n) is 4.96.